The molecule has 0 unspecified atom stereocenters. The van der Waals surface area contributed by atoms with Gasteiger partial charge in [-0.15, -0.1) is 0 Å². The minimum atomic E-state index is -3.97. The highest BCUT2D eigenvalue weighted by molar-refractivity contribution is 14.1. The van der Waals surface area contributed by atoms with Crippen LogP contribution in [-0.2, 0) is 19.6 Å². The van der Waals surface area contributed by atoms with Gasteiger partial charge in [0, 0.05) is 16.6 Å². The number of alkyl halides is 1. The summed E-state index contributed by atoms with van der Waals surface area (Å²) >= 11 is 2.03. The zero-order valence-electron chi connectivity index (χ0n) is 12.4. The molecule has 1 atom stereocenters. The lowest BCUT2D eigenvalue weighted by molar-refractivity contribution is -0.384. The molecule has 1 aromatic carbocycles. The number of ether oxygens (including phenoxy) is 1. The first kappa shape index (κ1) is 19.8. The smallest absolute Gasteiger partial charge is 0.324 e. The van der Waals surface area contributed by atoms with Crippen molar-refractivity contribution in [3.05, 3.63) is 34.4 Å². The van der Waals surface area contributed by atoms with E-state index in [0.29, 0.717) is 10.8 Å². The van der Waals surface area contributed by atoms with Crippen molar-refractivity contribution < 1.29 is 22.9 Å². The summed E-state index contributed by atoms with van der Waals surface area (Å²) in [5.74, 6) is -0.631. The summed E-state index contributed by atoms with van der Waals surface area (Å²) in [7, 11) is -3.97. The van der Waals surface area contributed by atoms with Crippen molar-refractivity contribution in [3.8, 4) is 0 Å². The van der Waals surface area contributed by atoms with Crippen molar-refractivity contribution >= 4 is 44.3 Å². The molecule has 0 fully saturated rings. The van der Waals surface area contributed by atoms with E-state index in [0.717, 1.165) is 24.3 Å². The van der Waals surface area contributed by atoms with Crippen LogP contribution in [0, 0.1) is 10.1 Å². The Bertz CT molecular complexity index is 647. The SMILES string of the molecule is CCCOC(=O)[C@@H](CCI)NS(=O)(=O)c1ccc([N+](=O)[O-])cc1. The predicted molar refractivity (Wildman–Crippen MR) is 92.0 cm³/mol. The van der Waals surface area contributed by atoms with Gasteiger partial charge in [-0.3, -0.25) is 14.9 Å². The van der Waals surface area contributed by atoms with Gasteiger partial charge >= 0.3 is 5.97 Å². The number of esters is 1. The van der Waals surface area contributed by atoms with Gasteiger partial charge in [0.05, 0.1) is 16.4 Å². The van der Waals surface area contributed by atoms with Crippen LogP contribution in [0.25, 0.3) is 0 Å². The third kappa shape index (κ3) is 6.03. The number of rotatable bonds is 9. The summed E-state index contributed by atoms with van der Waals surface area (Å²) in [6.45, 7) is 2.05. The van der Waals surface area contributed by atoms with Crippen LogP contribution in [0.2, 0.25) is 0 Å². The Morgan fingerprint density at radius 2 is 2.00 bits per heavy atom. The minimum Gasteiger partial charge on any atom is -0.465 e. The summed E-state index contributed by atoms with van der Waals surface area (Å²) in [5.41, 5.74) is -0.213. The number of hydrogen-bond donors (Lipinski definition) is 1. The molecule has 1 rings (SSSR count). The standard InChI is InChI=1S/C13H17IN2O6S/c1-2-9-22-13(17)12(7-8-14)15-23(20,21)11-5-3-10(4-6-11)16(18)19/h3-6,12,15H,2,7-9H2,1H3/t12-/m1/s1. The van der Waals surface area contributed by atoms with Gasteiger partial charge < -0.3 is 4.74 Å². The average Bonchev–Trinajstić information content (AvgIpc) is 2.52. The zero-order valence-corrected chi connectivity index (χ0v) is 15.4. The second-order valence-corrected chi connectivity index (χ2v) is 7.36. The van der Waals surface area contributed by atoms with Crippen molar-refractivity contribution in [1.82, 2.24) is 4.72 Å². The van der Waals surface area contributed by atoms with Crippen LogP contribution < -0.4 is 4.72 Å². The van der Waals surface area contributed by atoms with Gasteiger partial charge in [0.2, 0.25) is 10.0 Å². The van der Waals surface area contributed by atoms with Gasteiger partial charge in [-0.25, -0.2) is 8.42 Å². The molecule has 1 N–H and O–H groups in total. The highest BCUT2D eigenvalue weighted by atomic mass is 127. The van der Waals surface area contributed by atoms with E-state index in [2.05, 4.69) is 4.72 Å². The molecule has 0 bridgehead atoms. The molecule has 0 aliphatic heterocycles. The molecule has 0 aromatic heterocycles. The number of non-ortho nitro benzene ring substituents is 1. The lowest BCUT2D eigenvalue weighted by atomic mass is 10.2. The van der Waals surface area contributed by atoms with Crippen molar-refractivity contribution in [1.29, 1.82) is 0 Å². The molecule has 0 radical (unpaired) electrons. The van der Waals surface area contributed by atoms with E-state index in [9.17, 15) is 23.3 Å². The second kappa shape index (κ2) is 9.13. The fourth-order valence-corrected chi connectivity index (χ4v) is 3.48. The van der Waals surface area contributed by atoms with E-state index < -0.39 is 27.0 Å². The minimum absolute atomic E-state index is 0.148. The first-order valence-electron chi connectivity index (χ1n) is 6.81. The number of carbonyl (C=O) groups excluding carboxylic acids is 1. The van der Waals surface area contributed by atoms with Crippen LogP contribution in [0.15, 0.2) is 29.2 Å². The van der Waals surface area contributed by atoms with E-state index in [1.54, 1.807) is 0 Å². The Hall–Kier alpha value is -1.27. The summed E-state index contributed by atoms with van der Waals surface area (Å²) < 4.78 is 32.4. The van der Waals surface area contributed by atoms with Crippen LogP contribution in [0.5, 0.6) is 0 Å². The Kier molecular flexibility index (Phi) is 7.85. The Balaban J connectivity index is 2.92. The average molecular weight is 456 g/mol. The fourth-order valence-electron chi connectivity index (χ4n) is 1.64. The molecule has 0 saturated heterocycles. The topological polar surface area (TPSA) is 116 Å². The molecule has 0 spiro atoms. The van der Waals surface area contributed by atoms with Crippen molar-refractivity contribution in [2.24, 2.45) is 0 Å². The number of hydrogen-bond acceptors (Lipinski definition) is 6. The largest absolute Gasteiger partial charge is 0.465 e. The number of nitro benzene ring substituents is 1. The quantitative estimate of drug-likeness (QED) is 0.200. The number of halogens is 1. The van der Waals surface area contributed by atoms with Gasteiger partial charge in [-0.2, -0.15) is 4.72 Å². The molecule has 0 saturated carbocycles. The third-order valence-corrected chi connectivity index (χ3v) is 4.90. The number of benzene rings is 1. The maximum atomic E-state index is 12.3. The highest BCUT2D eigenvalue weighted by Gasteiger charge is 2.26. The Labute approximate surface area is 147 Å². The molecular formula is C13H17IN2O6S. The van der Waals surface area contributed by atoms with Crippen LogP contribution >= 0.6 is 22.6 Å². The summed E-state index contributed by atoms with van der Waals surface area (Å²) in [6.07, 6.45) is 0.924. The number of nitro groups is 1. The fraction of sp³-hybridized carbons (Fsp3) is 0.462. The van der Waals surface area contributed by atoms with Gasteiger partial charge in [0.1, 0.15) is 6.04 Å². The molecule has 1 aromatic rings. The van der Waals surface area contributed by atoms with E-state index in [4.69, 9.17) is 4.74 Å². The Morgan fingerprint density at radius 1 is 1.39 bits per heavy atom. The first-order valence-corrected chi connectivity index (χ1v) is 9.82. The summed E-state index contributed by atoms with van der Waals surface area (Å²) in [5, 5.41) is 10.6. The van der Waals surface area contributed by atoms with E-state index in [1.165, 1.54) is 0 Å². The number of sulfonamides is 1. The number of carbonyl (C=O) groups is 1. The van der Waals surface area contributed by atoms with Crippen molar-refractivity contribution in [2.75, 3.05) is 11.0 Å². The van der Waals surface area contributed by atoms with E-state index in [-0.39, 0.29) is 23.6 Å². The van der Waals surface area contributed by atoms with Crippen molar-refractivity contribution in [3.63, 3.8) is 0 Å². The Morgan fingerprint density at radius 3 is 2.48 bits per heavy atom. The molecule has 128 valence electrons. The van der Waals surface area contributed by atoms with Gasteiger partial charge in [-0.1, -0.05) is 29.5 Å². The maximum Gasteiger partial charge on any atom is 0.324 e. The summed E-state index contributed by atoms with van der Waals surface area (Å²) in [6, 6.07) is 3.45. The normalized spacial score (nSPS) is 12.6. The number of nitrogens with one attached hydrogen (secondary N) is 1. The third-order valence-electron chi connectivity index (χ3n) is 2.79. The van der Waals surface area contributed by atoms with Gasteiger partial charge in [-0.05, 0) is 25.0 Å². The molecule has 23 heavy (non-hydrogen) atoms. The molecule has 0 amide bonds. The maximum absolute atomic E-state index is 12.3. The van der Waals surface area contributed by atoms with Crippen LogP contribution in [0.4, 0.5) is 5.69 Å². The van der Waals surface area contributed by atoms with E-state index >= 15 is 0 Å². The second-order valence-electron chi connectivity index (χ2n) is 4.57. The van der Waals surface area contributed by atoms with Crippen molar-refractivity contribution in [2.45, 2.75) is 30.7 Å². The van der Waals surface area contributed by atoms with Crippen LogP contribution in [0.1, 0.15) is 19.8 Å². The highest BCUT2D eigenvalue weighted by Crippen LogP contribution is 2.16. The molecule has 10 heteroatoms. The lowest BCUT2D eigenvalue weighted by Gasteiger charge is -2.16. The van der Waals surface area contributed by atoms with Crippen LogP contribution in [-0.4, -0.2) is 36.4 Å². The molecule has 0 aliphatic carbocycles. The number of nitrogens with zero attached hydrogens (tertiary/aromatic N) is 1. The monoisotopic (exact) mass is 456 g/mol. The molecule has 8 nitrogen and oxygen atoms in total. The predicted octanol–water partition coefficient (Wildman–Crippen LogP) is 2.02. The molecule has 0 aliphatic rings. The lowest BCUT2D eigenvalue weighted by Crippen LogP contribution is -2.42. The molecular weight excluding hydrogens is 439 g/mol. The van der Waals surface area contributed by atoms with E-state index in [1.807, 2.05) is 29.5 Å². The summed E-state index contributed by atoms with van der Waals surface area (Å²) in [4.78, 5) is 21.7. The molecule has 0 heterocycles. The first-order chi connectivity index (χ1) is 10.8. The zero-order chi connectivity index (χ0) is 17.5. The van der Waals surface area contributed by atoms with Gasteiger partial charge in [0.15, 0.2) is 0 Å². The van der Waals surface area contributed by atoms with Gasteiger partial charge in [0.25, 0.3) is 5.69 Å². The van der Waals surface area contributed by atoms with Crippen LogP contribution in [0.3, 0.4) is 0 Å².